The number of benzene rings is 1. The summed E-state index contributed by atoms with van der Waals surface area (Å²) in [5.74, 6) is -0.719. The van der Waals surface area contributed by atoms with Gasteiger partial charge < -0.3 is 9.47 Å². The summed E-state index contributed by atoms with van der Waals surface area (Å²) in [6.07, 6.45) is -3.17. The van der Waals surface area contributed by atoms with E-state index >= 15 is 0 Å². The first kappa shape index (κ1) is 17.7. The molecule has 0 unspecified atom stereocenters. The molecule has 1 aliphatic heterocycles. The molecule has 0 amide bonds. The number of halogens is 3. The molecule has 0 aromatic heterocycles. The summed E-state index contributed by atoms with van der Waals surface area (Å²) in [7, 11) is -3.90. The van der Waals surface area contributed by atoms with Crippen LogP contribution in [0.2, 0.25) is 0 Å². The highest BCUT2D eigenvalue weighted by Crippen LogP contribution is 2.45. The lowest BCUT2D eigenvalue weighted by molar-refractivity contribution is -0.179. The van der Waals surface area contributed by atoms with E-state index in [2.05, 4.69) is 0 Å². The van der Waals surface area contributed by atoms with Gasteiger partial charge in [-0.2, -0.15) is 13.2 Å². The van der Waals surface area contributed by atoms with E-state index in [9.17, 15) is 21.6 Å². The van der Waals surface area contributed by atoms with Crippen molar-refractivity contribution in [2.45, 2.75) is 54.2 Å². The third-order valence-electron chi connectivity index (χ3n) is 5.00. The molecule has 1 aromatic rings. The summed E-state index contributed by atoms with van der Waals surface area (Å²) in [5, 5.41) is 0. The van der Waals surface area contributed by atoms with Crippen molar-refractivity contribution in [3.05, 3.63) is 29.8 Å². The first-order chi connectivity index (χ1) is 11.1. The highest BCUT2D eigenvalue weighted by atomic mass is 32.2. The lowest BCUT2D eigenvalue weighted by Crippen LogP contribution is -2.46. The molecule has 1 aromatic carbocycles. The Kier molecular flexibility index (Phi) is 4.21. The van der Waals surface area contributed by atoms with Gasteiger partial charge in [-0.1, -0.05) is 6.07 Å². The average Bonchev–Trinajstić information content (AvgIpc) is 2.98. The first-order valence-corrected chi connectivity index (χ1v) is 9.26. The monoisotopic (exact) mass is 364 g/mol. The van der Waals surface area contributed by atoms with Crippen LogP contribution in [0.4, 0.5) is 13.2 Å². The highest BCUT2D eigenvalue weighted by Gasteiger charge is 2.50. The Bertz CT molecular complexity index is 711. The van der Waals surface area contributed by atoms with Gasteiger partial charge in [-0.25, -0.2) is 8.42 Å². The molecule has 2 aliphatic rings. The Morgan fingerprint density at radius 3 is 2.17 bits per heavy atom. The summed E-state index contributed by atoms with van der Waals surface area (Å²) in [6.45, 7) is 2.55. The van der Waals surface area contributed by atoms with Crippen LogP contribution in [0.3, 0.4) is 0 Å². The molecule has 0 bridgehead atoms. The minimum absolute atomic E-state index is 0.283. The maximum atomic E-state index is 12.9. The third kappa shape index (κ3) is 2.95. The molecule has 4 nitrogen and oxygen atoms in total. The van der Waals surface area contributed by atoms with Gasteiger partial charge in [0.15, 0.2) is 15.6 Å². The minimum Gasteiger partial charge on any atom is -0.348 e. The van der Waals surface area contributed by atoms with E-state index in [1.807, 2.05) is 0 Å². The maximum Gasteiger partial charge on any atom is 0.416 e. The van der Waals surface area contributed by atoms with E-state index in [-0.39, 0.29) is 17.7 Å². The normalized spacial score (nSPS) is 23.5. The van der Waals surface area contributed by atoms with Crippen LogP contribution in [0.15, 0.2) is 29.2 Å². The van der Waals surface area contributed by atoms with E-state index in [0.717, 1.165) is 12.1 Å². The van der Waals surface area contributed by atoms with Gasteiger partial charge in [0, 0.05) is 12.8 Å². The van der Waals surface area contributed by atoms with Gasteiger partial charge in [0.05, 0.1) is 28.4 Å². The van der Waals surface area contributed by atoms with Crippen molar-refractivity contribution in [2.24, 2.45) is 0 Å². The molecule has 2 fully saturated rings. The van der Waals surface area contributed by atoms with Crippen LogP contribution in [0.25, 0.3) is 0 Å². The van der Waals surface area contributed by atoms with Crippen molar-refractivity contribution in [3.63, 3.8) is 0 Å². The lowest BCUT2D eigenvalue weighted by atomic mass is 9.85. The predicted molar refractivity (Wildman–Crippen MR) is 80.1 cm³/mol. The van der Waals surface area contributed by atoms with Crippen molar-refractivity contribution in [2.75, 3.05) is 13.2 Å². The molecule has 1 saturated heterocycles. The molecule has 134 valence electrons. The zero-order valence-electron chi connectivity index (χ0n) is 13.2. The smallest absolute Gasteiger partial charge is 0.348 e. The number of hydrogen-bond donors (Lipinski definition) is 0. The van der Waals surface area contributed by atoms with Crippen LogP contribution in [0.5, 0.6) is 0 Å². The summed E-state index contributed by atoms with van der Waals surface area (Å²) >= 11 is 0. The zero-order valence-corrected chi connectivity index (χ0v) is 14.0. The second-order valence-electron chi connectivity index (χ2n) is 6.59. The van der Waals surface area contributed by atoms with Crippen LogP contribution in [0, 0.1) is 0 Å². The molecular weight excluding hydrogens is 345 g/mol. The average molecular weight is 364 g/mol. The number of ether oxygens (including phenoxy) is 2. The molecule has 1 saturated carbocycles. The number of alkyl halides is 3. The van der Waals surface area contributed by atoms with Crippen molar-refractivity contribution in [3.8, 4) is 0 Å². The molecule has 1 spiro atoms. The Morgan fingerprint density at radius 2 is 1.62 bits per heavy atom. The van der Waals surface area contributed by atoms with Gasteiger partial charge in [-0.05, 0) is 38.0 Å². The molecule has 0 radical (unpaired) electrons. The predicted octanol–water partition coefficient (Wildman–Crippen LogP) is 3.55. The Balaban J connectivity index is 1.88. The Hall–Kier alpha value is -1.12. The van der Waals surface area contributed by atoms with Gasteiger partial charge in [0.2, 0.25) is 0 Å². The largest absolute Gasteiger partial charge is 0.416 e. The fraction of sp³-hybridized carbons (Fsp3) is 0.625. The molecule has 0 N–H and O–H groups in total. The minimum atomic E-state index is -4.57. The van der Waals surface area contributed by atoms with E-state index in [1.54, 1.807) is 6.92 Å². The van der Waals surface area contributed by atoms with Crippen LogP contribution >= 0.6 is 0 Å². The van der Waals surface area contributed by atoms with Crippen molar-refractivity contribution in [1.29, 1.82) is 0 Å². The number of sulfone groups is 1. The summed E-state index contributed by atoms with van der Waals surface area (Å²) in [6, 6.07) is 3.94. The Labute approximate surface area is 138 Å². The topological polar surface area (TPSA) is 52.6 Å². The number of hydrogen-bond acceptors (Lipinski definition) is 4. The summed E-state index contributed by atoms with van der Waals surface area (Å²) in [4.78, 5) is -0.288. The molecule has 1 aliphatic carbocycles. The maximum absolute atomic E-state index is 12.9. The second-order valence-corrected chi connectivity index (χ2v) is 9.05. The molecule has 24 heavy (non-hydrogen) atoms. The van der Waals surface area contributed by atoms with E-state index in [4.69, 9.17) is 9.47 Å². The quantitative estimate of drug-likeness (QED) is 0.805. The van der Waals surface area contributed by atoms with Gasteiger partial charge >= 0.3 is 6.18 Å². The molecule has 0 atom stereocenters. The van der Waals surface area contributed by atoms with Crippen LogP contribution in [0.1, 0.15) is 38.2 Å². The summed E-state index contributed by atoms with van der Waals surface area (Å²) < 4.78 is 74.5. The molecule has 1 heterocycles. The summed E-state index contributed by atoms with van der Waals surface area (Å²) in [5.41, 5.74) is -0.957. The van der Waals surface area contributed by atoms with Crippen LogP contribution < -0.4 is 0 Å². The molecular formula is C16H19F3O4S. The van der Waals surface area contributed by atoms with Crippen LogP contribution in [-0.4, -0.2) is 32.2 Å². The van der Waals surface area contributed by atoms with Gasteiger partial charge in [0.1, 0.15) is 0 Å². The van der Waals surface area contributed by atoms with Gasteiger partial charge in [0.25, 0.3) is 0 Å². The van der Waals surface area contributed by atoms with Gasteiger partial charge in [-0.15, -0.1) is 0 Å². The molecule has 8 heteroatoms. The fourth-order valence-electron chi connectivity index (χ4n) is 3.34. The van der Waals surface area contributed by atoms with Crippen molar-refractivity contribution >= 4 is 9.84 Å². The van der Waals surface area contributed by atoms with Crippen molar-refractivity contribution < 1.29 is 31.1 Å². The Morgan fingerprint density at radius 1 is 1.04 bits per heavy atom. The lowest BCUT2D eigenvalue weighted by Gasteiger charge is -2.41. The molecule has 3 rings (SSSR count). The van der Waals surface area contributed by atoms with Crippen molar-refractivity contribution in [1.82, 2.24) is 0 Å². The van der Waals surface area contributed by atoms with E-state index in [1.165, 1.54) is 6.07 Å². The first-order valence-electron chi connectivity index (χ1n) is 7.78. The van der Waals surface area contributed by atoms with Crippen LogP contribution in [-0.2, 0) is 25.5 Å². The number of rotatable bonds is 2. The SMILES string of the molecule is CC1(S(=O)(=O)c2cccc(C(F)(F)F)c2)CCC2(CC1)OCCO2. The van der Waals surface area contributed by atoms with Gasteiger partial charge in [-0.3, -0.25) is 0 Å². The van der Waals surface area contributed by atoms with E-state index < -0.39 is 32.1 Å². The standard InChI is InChI=1S/C16H19F3O4S/c1-14(5-7-15(8-6-14)22-9-10-23-15)24(20,21)13-4-2-3-12(11-13)16(17,18)19/h2-4,11H,5-10H2,1H3. The second kappa shape index (κ2) is 5.71. The third-order valence-corrected chi connectivity index (χ3v) is 7.58. The zero-order chi connectivity index (χ0) is 17.6. The highest BCUT2D eigenvalue weighted by molar-refractivity contribution is 7.92. The fourth-order valence-corrected chi connectivity index (χ4v) is 5.19. The van der Waals surface area contributed by atoms with E-state index in [0.29, 0.717) is 32.1 Å².